The van der Waals surface area contributed by atoms with Crippen molar-refractivity contribution in [2.75, 3.05) is 5.32 Å². The molecule has 1 heterocycles. The second kappa shape index (κ2) is 8.25. The molecule has 0 atom stereocenters. The van der Waals surface area contributed by atoms with Crippen LogP contribution in [0.1, 0.15) is 37.9 Å². The van der Waals surface area contributed by atoms with Crippen molar-refractivity contribution in [1.82, 2.24) is 9.97 Å². The zero-order valence-corrected chi connectivity index (χ0v) is 15.6. The molecule has 4 rings (SSSR count). The summed E-state index contributed by atoms with van der Waals surface area (Å²) in [6.45, 7) is 0. The number of nitrogens with one attached hydrogen (secondary N) is 2. The van der Waals surface area contributed by atoms with E-state index in [9.17, 15) is 9.59 Å². The number of nitrogens with zero attached hydrogens (tertiary/aromatic N) is 1. The summed E-state index contributed by atoms with van der Waals surface area (Å²) in [5.41, 5.74) is 1.18. The van der Waals surface area contributed by atoms with Gasteiger partial charge in [0.25, 0.3) is 5.56 Å². The van der Waals surface area contributed by atoms with E-state index in [4.69, 9.17) is 4.74 Å². The average molecular weight is 377 g/mol. The van der Waals surface area contributed by atoms with Gasteiger partial charge in [-0.1, -0.05) is 12.1 Å². The molecule has 0 unspecified atom stereocenters. The van der Waals surface area contributed by atoms with Crippen LogP contribution in [0.2, 0.25) is 0 Å². The third-order valence-electron chi connectivity index (χ3n) is 4.99. The quantitative estimate of drug-likeness (QED) is 0.684. The first-order valence-corrected chi connectivity index (χ1v) is 9.72. The first kappa shape index (κ1) is 18.2. The molecular formula is C22H23N3O3. The van der Waals surface area contributed by atoms with Crippen molar-refractivity contribution in [2.24, 2.45) is 0 Å². The number of benzene rings is 2. The molecule has 0 spiro atoms. The number of carbonyl (C=O) groups is 1. The maximum atomic E-state index is 12.2. The molecule has 0 aliphatic heterocycles. The molecule has 1 aromatic heterocycles. The number of fused-ring (bicyclic) bond motifs is 1. The van der Waals surface area contributed by atoms with E-state index in [1.807, 2.05) is 30.3 Å². The predicted molar refractivity (Wildman–Crippen MR) is 109 cm³/mol. The van der Waals surface area contributed by atoms with Crippen LogP contribution in [0.4, 0.5) is 5.69 Å². The number of hydrogen-bond donors (Lipinski definition) is 2. The lowest BCUT2D eigenvalue weighted by atomic mass is 10.2. The maximum Gasteiger partial charge on any atom is 0.258 e. The lowest BCUT2D eigenvalue weighted by molar-refractivity contribution is -0.116. The van der Waals surface area contributed by atoms with Gasteiger partial charge in [0.1, 0.15) is 11.6 Å². The largest absolute Gasteiger partial charge is 0.490 e. The van der Waals surface area contributed by atoms with Crippen LogP contribution in [0.15, 0.2) is 53.3 Å². The zero-order chi connectivity index (χ0) is 19.3. The molecule has 1 aliphatic carbocycles. The Kier molecular flexibility index (Phi) is 5.37. The molecule has 6 heteroatoms. The summed E-state index contributed by atoms with van der Waals surface area (Å²) in [6, 6.07) is 14.6. The van der Waals surface area contributed by atoms with Crippen LogP contribution >= 0.6 is 0 Å². The molecule has 0 saturated heterocycles. The first-order chi connectivity index (χ1) is 13.7. The third kappa shape index (κ3) is 4.39. The van der Waals surface area contributed by atoms with E-state index in [2.05, 4.69) is 15.3 Å². The fourth-order valence-corrected chi connectivity index (χ4v) is 3.52. The SMILES string of the molecule is O=C(CCc1nc2ccccc2c(=O)[nH]1)Nc1ccc(OC2CCCC2)cc1. The van der Waals surface area contributed by atoms with E-state index >= 15 is 0 Å². The van der Waals surface area contributed by atoms with Crippen molar-refractivity contribution in [2.45, 2.75) is 44.6 Å². The third-order valence-corrected chi connectivity index (χ3v) is 4.99. The summed E-state index contributed by atoms with van der Waals surface area (Å²) in [7, 11) is 0. The van der Waals surface area contributed by atoms with Crippen LogP contribution in [0.3, 0.4) is 0 Å². The van der Waals surface area contributed by atoms with E-state index in [0.29, 0.717) is 29.3 Å². The molecule has 28 heavy (non-hydrogen) atoms. The van der Waals surface area contributed by atoms with Crippen molar-refractivity contribution < 1.29 is 9.53 Å². The lowest BCUT2D eigenvalue weighted by Crippen LogP contribution is -2.16. The maximum absolute atomic E-state index is 12.2. The van der Waals surface area contributed by atoms with Gasteiger partial charge in [0, 0.05) is 18.5 Å². The van der Waals surface area contributed by atoms with Crippen LogP contribution < -0.4 is 15.6 Å². The number of hydrogen-bond acceptors (Lipinski definition) is 4. The van der Waals surface area contributed by atoms with Gasteiger partial charge in [-0.05, 0) is 62.1 Å². The van der Waals surface area contributed by atoms with Gasteiger partial charge in [0.2, 0.25) is 5.91 Å². The van der Waals surface area contributed by atoms with E-state index < -0.39 is 0 Å². The number of amides is 1. The molecule has 144 valence electrons. The molecule has 6 nitrogen and oxygen atoms in total. The van der Waals surface area contributed by atoms with Crippen LogP contribution in [-0.4, -0.2) is 22.0 Å². The number of aromatic amines is 1. The van der Waals surface area contributed by atoms with E-state index in [1.54, 1.807) is 18.2 Å². The molecule has 2 aromatic carbocycles. The Morgan fingerprint density at radius 2 is 1.86 bits per heavy atom. The molecule has 0 radical (unpaired) electrons. The Balaban J connectivity index is 1.32. The summed E-state index contributed by atoms with van der Waals surface area (Å²) in [4.78, 5) is 31.5. The van der Waals surface area contributed by atoms with E-state index in [0.717, 1.165) is 24.3 Å². The van der Waals surface area contributed by atoms with Crippen molar-refractivity contribution in [3.05, 3.63) is 64.7 Å². The Labute approximate surface area is 163 Å². The fraction of sp³-hybridized carbons (Fsp3) is 0.318. The van der Waals surface area contributed by atoms with Gasteiger partial charge in [0.15, 0.2) is 0 Å². The van der Waals surface area contributed by atoms with Gasteiger partial charge in [0.05, 0.1) is 17.0 Å². The molecule has 3 aromatic rings. The van der Waals surface area contributed by atoms with Gasteiger partial charge >= 0.3 is 0 Å². The number of ether oxygens (including phenoxy) is 1. The highest BCUT2D eigenvalue weighted by Crippen LogP contribution is 2.25. The molecule has 1 aliphatic rings. The Morgan fingerprint density at radius 1 is 1.11 bits per heavy atom. The highest BCUT2D eigenvalue weighted by atomic mass is 16.5. The van der Waals surface area contributed by atoms with Gasteiger partial charge in [-0.2, -0.15) is 0 Å². The number of anilines is 1. The second-order valence-electron chi connectivity index (χ2n) is 7.13. The van der Waals surface area contributed by atoms with Crippen molar-refractivity contribution >= 4 is 22.5 Å². The predicted octanol–water partition coefficient (Wildman–Crippen LogP) is 3.82. The minimum absolute atomic E-state index is 0.125. The number of aryl methyl sites for hydroxylation is 1. The standard InChI is InChI=1S/C22H23N3O3/c26-21(14-13-20-24-19-8-4-3-7-18(19)22(27)25-20)23-15-9-11-17(12-10-15)28-16-5-1-2-6-16/h3-4,7-12,16H,1-2,5-6,13-14H2,(H,23,26)(H,24,25,27). The first-order valence-electron chi connectivity index (χ1n) is 9.72. The van der Waals surface area contributed by atoms with E-state index in [1.165, 1.54) is 12.8 Å². The van der Waals surface area contributed by atoms with Crippen LogP contribution in [0, 0.1) is 0 Å². The van der Waals surface area contributed by atoms with Gasteiger partial charge in [-0.3, -0.25) is 9.59 Å². The Bertz CT molecular complexity index is 1020. The smallest absolute Gasteiger partial charge is 0.258 e. The molecule has 0 bridgehead atoms. The van der Waals surface area contributed by atoms with Crippen molar-refractivity contribution in [3.63, 3.8) is 0 Å². The summed E-state index contributed by atoms with van der Waals surface area (Å²) >= 11 is 0. The number of aromatic nitrogens is 2. The summed E-state index contributed by atoms with van der Waals surface area (Å²) in [5, 5.41) is 3.42. The number of rotatable bonds is 6. The highest BCUT2D eigenvalue weighted by molar-refractivity contribution is 5.90. The summed E-state index contributed by atoms with van der Waals surface area (Å²) in [6.07, 6.45) is 5.62. The normalized spacial score (nSPS) is 14.3. The van der Waals surface area contributed by atoms with Gasteiger partial charge in [-0.15, -0.1) is 0 Å². The monoisotopic (exact) mass is 377 g/mol. The van der Waals surface area contributed by atoms with Crippen LogP contribution in [0.25, 0.3) is 10.9 Å². The number of para-hydroxylation sites is 1. The van der Waals surface area contributed by atoms with Gasteiger partial charge in [-0.25, -0.2) is 4.98 Å². The summed E-state index contributed by atoms with van der Waals surface area (Å²) in [5.74, 6) is 1.22. The lowest BCUT2D eigenvalue weighted by Gasteiger charge is -2.13. The molecule has 1 saturated carbocycles. The minimum atomic E-state index is -0.182. The summed E-state index contributed by atoms with van der Waals surface area (Å²) < 4.78 is 5.93. The zero-order valence-electron chi connectivity index (χ0n) is 15.6. The minimum Gasteiger partial charge on any atom is -0.490 e. The molecular weight excluding hydrogens is 354 g/mol. The Morgan fingerprint density at radius 3 is 2.64 bits per heavy atom. The fourth-order valence-electron chi connectivity index (χ4n) is 3.52. The second-order valence-corrected chi connectivity index (χ2v) is 7.13. The van der Waals surface area contributed by atoms with Crippen molar-refractivity contribution in [1.29, 1.82) is 0 Å². The molecule has 2 N–H and O–H groups in total. The molecule has 1 amide bonds. The van der Waals surface area contributed by atoms with Gasteiger partial charge < -0.3 is 15.0 Å². The number of H-pyrrole nitrogens is 1. The average Bonchev–Trinajstić information content (AvgIpc) is 3.21. The Hall–Kier alpha value is -3.15. The molecule has 1 fully saturated rings. The van der Waals surface area contributed by atoms with E-state index in [-0.39, 0.29) is 17.9 Å². The van der Waals surface area contributed by atoms with Crippen LogP contribution in [0.5, 0.6) is 5.75 Å². The topological polar surface area (TPSA) is 84.1 Å². The number of carbonyl (C=O) groups excluding carboxylic acids is 1. The van der Waals surface area contributed by atoms with Crippen molar-refractivity contribution in [3.8, 4) is 5.75 Å². The highest BCUT2D eigenvalue weighted by Gasteiger charge is 2.16. The van der Waals surface area contributed by atoms with Crippen LogP contribution in [-0.2, 0) is 11.2 Å².